The van der Waals surface area contributed by atoms with Crippen LogP contribution in [0.2, 0.25) is 5.02 Å². The number of nitrogens with zero attached hydrogens (tertiary/aromatic N) is 3. The van der Waals surface area contributed by atoms with Crippen molar-refractivity contribution in [2.75, 3.05) is 31.1 Å². The Morgan fingerprint density at radius 1 is 1.00 bits per heavy atom. The summed E-state index contributed by atoms with van der Waals surface area (Å²) in [5.41, 5.74) is 0.574. The summed E-state index contributed by atoms with van der Waals surface area (Å²) in [6.07, 6.45) is -3.13. The van der Waals surface area contributed by atoms with Crippen molar-refractivity contribution in [2.45, 2.75) is 12.8 Å². The third-order valence-electron chi connectivity index (χ3n) is 5.35. The zero-order chi connectivity index (χ0) is 23.4. The van der Waals surface area contributed by atoms with Crippen molar-refractivity contribution in [1.82, 2.24) is 9.88 Å². The van der Waals surface area contributed by atoms with Crippen LogP contribution in [-0.4, -0.2) is 42.0 Å². The van der Waals surface area contributed by atoms with Crippen molar-refractivity contribution in [3.63, 3.8) is 0 Å². The molecular formula is C24H21ClF3N3O2. The van der Waals surface area contributed by atoms with E-state index in [2.05, 4.69) is 4.98 Å². The van der Waals surface area contributed by atoms with Gasteiger partial charge >= 0.3 is 6.18 Å². The summed E-state index contributed by atoms with van der Waals surface area (Å²) in [6.45, 7) is 1.43. The number of pyridine rings is 1. The minimum atomic E-state index is -4.48. The summed E-state index contributed by atoms with van der Waals surface area (Å²) < 4.78 is 45.7. The van der Waals surface area contributed by atoms with Gasteiger partial charge in [0.15, 0.2) is 0 Å². The highest BCUT2D eigenvalue weighted by atomic mass is 35.5. The minimum Gasteiger partial charge on any atom is -0.489 e. The monoisotopic (exact) mass is 475 g/mol. The van der Waals surface area contributed by atoms with Crippen LogP contribution in [0.15, 0.2) is 66.9 Å². The molecule has 1 amide bonds. The van der Waals surface area contributed by atoms with Gasteiger partial charge in [-0.1, -0.05) is 23.7 Å². The fourth-order valence-electron chi connectivity index (χ4n) is 3.67. The average molecular weight is 476 g/mol. The first-order chi connectivity index (χ1) is 15.8. The maximum Gasteiger partial charge on any atom is 0.419 e. The molecule has 0 radical (unpaired) electrons. The van der Waals surface area contributed by atoms with Gasteiger partial charge in [0.25, 0.3) is 5.91 Å². The molecule has 0 N–H and O–H groups in total. The van der Waals surface area contributed by atoms with Gasteiger partial charge in [0, 0.05) is 43.0 Å². The predicted molar refractivity (Wildman–Crippen MR) is 120 cm³/mol. The lowest BCUT2D eigenvalue weighted by Gasteiger charge is -2.36. The zero-order valence-corrected chi connectivity index (χ0v) is 18.3. The number of carbonyl (C=O) groups is 1. The number of hydrogen-bond acceptors (Lipinski definition) is 4. The van der Waals surface area contributed by atoms with E-state index in [4.69, 9.17) is 16.3 Å². The molecule has 2 aromatic carbocycles. The number of rotatable bonds is 5. The lowest BCUT2D eigenvalue weighted by Crippen LogP contribution is -2.49. The van der Waals surface area contributed by atoms with E-state index >= 15 is 0 Å². The van der Waals surface area contributed by atoms with E-state index in [1.807, 2.05) is 6.07 Å². The summed E-state index contributed by atoms with van der Waals surface area (Å²) in [5.74, 6) is 0.401. The van der Waals surface area contributed by atoms with Gasteiger partial charge in [-0.3, -0.25) is 4.79 Å². The van der Waals surface area contributed by atoms with E-state index in [9.17, 15) is 18.0 Å². The molecule has 1 aliphatic rings. The molecule has 0 spiro atoms. The normalized spacial score (nSPS) is 14.3. The van der Waals surface area contributed by atoms with Crippen LogP contribution in [0.25, 0.3) is 0 Å². The first-order valence-electron chi connectivity index (χ1n) is 10.3. The smallest absolute Gasteiger partial charge is 0.419 e. The molecule has 0 bridgehead atoms. The van der Waals surface area contributed by atoms with Gasteiger partial charge in [-0.25, -0.2) is 4.98 Å². The molecule has 1 fully saturated rings. The number of ether oxygens (including phenoxy) is 1. The Balaban J connectivity index is 1.38. The molecule has 0 unspecified atom stereocenters. The fourth-order valence-corrected chi connectivity index (χ4v) is 3.79. The molecule has 1 saturated heterocycles. The van der Waals surface area contributed by atoms with E-state index in [0.29, 0.717) is 29.4 Å². The molecule has 0 atom stereocenters. The van der Waals surface area contributed by atoms with Crippen molar-refractivity contribution in [3.8, 4) is 5.75 Å². The molecule has 172 valence electrons. The van der Waals surface area contributed by atoms with Crippen LogP contribution in [0, 0.1) is 0 Å². The quantitative estimate of drug-likeness (QED) is 0.502. The van der Waals surface area contributed by atoms with Crippen LogP contribution in [0.3, 0.4) is 0 Å². The Labute approximate surface area is 194 Å². The number of aromatic nitrogens is 1. The van der Waals surface area contributed by atoms with Gasteiger partial charge in [0.2, 0.25) is 0 Å². The lowest BCUT2D eigenvalue weighted by molar-refractivity contribution is -0.137. The zero-order valence-electron chi connectivity index (χ0n) is 17.6. The van der Waals surface area contributed by atoms with Gasteiger partial charge in [-0.2, -0.15) is 13.2 Å². The van der Waals surface area contributed by atoms with Crippen LogP contribution in [0.1, 0.15) is 21.5 Å². The second kappa shape index (κ2) is 9.70. The molecule has 0 saturated carbocycles. The SMILES string of the molecule is O=C(c1cccc(COc2ccc(Cl)cc2)c1)N1CCN(c2ncccc2C(F)(F)F)CC1. The number of anilines is 1. The number of hydrogen-bond donors (Lipinski definition) is 0. The third kappa shape index (κ3) is 5.57. The molecule has 3 aromatic rings. The maximum atomic E-state index is 13.3. The highest BCUT2D eigenvalue weighted by Crippen LogP contribution is 2.35. The van der Waals surface area contributed by atoms with E-state index in [-0.39, 0.29) is 31.4 Å². The van der Waals surface area contributed by atoms with Crippen molar-refractivity contribution < 1.29 is 22.7 Å². The topological polar surface area (TPSA) is 45.7 Å². The van der Waals surface area contributed by atoms with Crippen LogP contribution >= 0.6 is 11.6 Å². The molecule has 9 heteroatoms. The number of piperazine rings is 1. The van der Waals surface area contributed by atoms with Gasteiger partial charge in [0.05, 0.1) is 5.56 Å². The van der Waals surface area contributed by atoms with Crippen molar-refractivity contribution in [1.29, 1.82) is 0 Å². The summed E-state index contributed by atoms with van der Waals surface area (Å²) in [6, 6.07) is 16.4. The Hall–Kier alpha value is -3.26. The van der Waals surface area contributed by atoms with E-state index in [0.717, 1.165) is 11.6 Å². The summed E-state index contributed by atoms with van der Waals surface area (Å²) in [5, 5.41) is 0.618. The third-order valence-corrected chi connectivity index (χ3v) is 5.60. The summed E-state index contributed by atoms with van der Waals surface area (Å²) in [7, 11) is 0. The number of benzene rings is 2. The Kier molecular flexibility index (Phi) is 6.74. The van der Waals surface area contributed by atoms with Gasteiger partial charge in [-0.05, 0) is 54.1 Å². The average Bonchev–Trinajstić information content (AvgIpc) is 2.83. The van der Waals surface area contributed by atoms with E-state index in [1.54, 1.807) is 52.3 Å². The number of amides is 1. The molecule has 1 aliphatic heterocycles. The van der Waals surface area contributed by atoms with Crippen molar-refractivity contribution in [2.24, 2.45) is 0 Å². The second-order valence-corrected chi connectivity index (χ2v) is 8.03. The van der Waals surface area contributed by atoms with Crippen LogP contribution in [0.4, 0.5) is 19.0 Å². The largest absolute Gasteiger partial charge is 0.489 e. The Morgan fingerprint density at radius 3 is 2.42 bits per heavy atom. The van der Waals surface area contributed by atoms with Gasteiger partial charge in [0.1, 0.15) is 18.2 Å². The number of carbonyl (C=O) groups excluding carboxylic acids is 1. The van der Waals surface area contributed by atoms with Gasteiger partial charge < -0.3 is 14.5 Å². The molecular weight excluding hydrogens is 455 g/mol. The van der Waals surface area contributed by atoms with Crippen LogP contribution < -0.4 is 9.64 Å². The van der Waals surface area contributed by atoms with Crippen LogP contribution in [-0.2, 0) is 12.8 Å². The number of alkyl halides is 3. The highest BCUT2D eigenvalue weighted by molar-refractivity contribution is 6.30. The summed E-state index contributed by atoms with van der Waals surface area (Å²) in [4.78, 5) is 20.1. The first kappa shape index (κ1) is 22.9. The Morgan fingerprint density at radius 2 is 1.73 bits per heavy atom. The van der Waals surface area contributed by atoms with Gasteiger partial charge in [-0.15, -0.1) is 0 Å². The maximum absolute atomic E-state index is 13.3. The first-order valence-corrected chi connectivity index (χ1v) is 10.7. The van der Waals surface area contributed by atoms with Crippen molar-refractivity contribution in [3.05, 3.63) is 88.6 Å². The number of halogens is 4. The molecule has 33 heavy (non-hydrogen) atoms. The second-order valence-electron chi connectivity index (χ2n) is 7.59. The lowest BCUT2D eigenvalue weighted by atomic mass is 10.1. The van der Waals surface area contributed by atoms with Crippen molar-refractivity contribution >= 4 is 23.3 Å². The van der Waals surface area contributed by atoms with Crippen LogP contribution in [0.5, 0.6) is 5.75 Å². The van der Waals surface area contributed by atoms with E-state index < -0.39 is 11.7 Å². The Bertz CT molecular complexity index is 1110. The molecule has 4 rings (SSSR count). The molecule has 2 heterocycles. The standard InChI is InChI=1S/C24H21ClF3N3O2/c25-19-6-8-20(9-7-19)33-16-17-3-1-4-18(15-17)23(32)31-13-11-30(12-14-31)22-21(24(26,27)28)5-2-10-29-22/h1-10,15H,11-14,16H2. The summed E-state index contributed by atoms with van der Waals surface area (Å²) >= 11 is 5.88. The fraction of sp³-hybridized carbons (Fsp3) is 0.250. The molecule has 1 aromatic heterocycles. The molecule has 5 nitrogen and oxygen atoms in total. The van der Waals surface area contributed by atoms with E-state index in [1.165, 1.54) is 12.3 Å². The highest BCUT2D eigenvalue weighted by Gasteiger charge is 2.36. The molecule has 0 aliphatic carbocycles. The predicted octanol–water partition coefficient (Wildman–Crippen LogP) is 5.30. The minimum absolute atomic E-state index is 0.0987.